The highest BCUT2D eigenvalue weighted by Gasteiger charge is 2.34. The molecule has 5 heteroatoms. The van der Waals surface area contributed by atoms with Gasteiger partial charge in [-0.05, 0) is 44.4 Å². The topological polar surface area (TPSA) is 29.3 Å². The van der Waals surface area contributed by atoms with E-state index in [1.165, 1.54) is 6.07 Å². The van der Waals surface area contributed by atoms with Gasteiger partial charge in [-0.1, -0.05) is 19.4 Å². The molecule has 120 valence electrons. The molecule has 1 unspecified atom stereocenters. The lowest BCUT2D eigenvalue weighted by atomic mass is 9.99. The van der Waals surface area contributed by atoms with Crippen LogP contribution in [0.3, 0.4) is 0 Å². The van der Waals surface area contributed by atoms with Gasteiger partial charge >= 0.3 is 6.18 Å². The highest BCUT2D eigenvalue weighted by Crippen LogP contribution is 2.35. The predicted molar refractivity (Wildman–Crippen MR) is 81.6 cm³/mol. The van der Waals surface area contributed by atoms with E-state index in [2.05, 4.69) is 6.92 Å². The van der Waals surface area contributed by atoms with Gasteiger partial charge in [-0.15, -0.1) is 0 Å². The Labute approximate surface area is 125 Å². The second-order valence-corrected chi connectivity index (χ2v) is 5.45. The summed E-state index contributed by atoms with van der Waals surface area (Å²) >= 11 is 0. The molecule has 0 aromatic heterocycles. The molecule has 0 spiro atoms. The molecule has 0 radical (unpaired) electrons. The lowest BCUT2D eigenvalue weighted by molar-refractivity contribution is -0.138. The number of benzene rings is 1. The number of alkyl halides is 3. The first-order valence-electron chi connectivity index (χ1n) is 7.50. The Bertz CT molecular complexity index is 442. The van der Waals surface area contributed by atoms with Crippen LogP contribution < -0.4 is 10.6 Å². The maximum Gasteiger partial charge on any atom is 0.416 e. The van der Waals surface area contributed by atoms with E-state index in [0.717, 1.165) is 19.4 Å². The molecule has 2 N–H and O–H groups in total. The molecule has 0 aliphatic rings. The van der Waals surface area contributed by atoms with E-state index >= 15 is 0 Å². The molecular weight excluding hydrogens is 277 g/mol. The second kappa shape index (κ2) is 7.69. The fourth-order valence-electron chi connectivity index (χ4n) is 2.37. The quantitative estimate of drug-likeness (QED) is 0.817. The summed E-state index contributed by atoms with van der Waals surface area (Å²) in [6.07, 6.45) is -2.12. The van der Waals surface area contributed by atoms with Crippen molar-refractivity contribution in [1.82, 2.24) is 0 Å². The van der Waals surface area contributed by atoms with E-state index in [-0.39, 0.29) is 18.0 Å². The number of rotatable bonds is 7. The minimum absolute atomic E-state index is 0.232. The summed E-state index contributed by atoms with van der Waals surface area (Å²) in [6.45, 7) is 7.22. The summed E-state index contributed by atoms with van der Waals surface area (Å²) in [5, 5.41) is 0. The number of nitrogens with two attached hydrogens (primary N) is 1. The lowest BCUT2D eigenvalue weighted by Crippen LogP contribution is -2.25. The van der Waals surface area contributed by atoms with Crippen LogP contribution in [0.25, 0.3) is 0 Å². The van der Waals surface area contributed by atoms with Crippen molar-refractivity contribution < 1.29 is 13.2 Å². The van der Waals surface area contributed by atoms with Crippen LogP contribution in [-0.2, 0) is 12.6 Å². The SMILES string of the molecule is CCCCN(CC)c1ccc(CC(C)N)c(C(F)(F)F)c1. The molecule has 1 aromatic rings. The Morgan fingerprint density at radius 3 is 2.38 bits per heavy atom. The zero-order valence-corrected chi connectivity index (χ0v) is 13.0. The fraction of sp³-hybridized carbons (Fsp3) is 0.625. The van der Waals surface area contributed by atoms with E-state index in [1.807, 2.05) is 11.8 Å². The number of hydrogen-bond donors (Lipinski definition) is 1. The van der Waals surface area contributed by atoms with Crippen LogP contribution in [0.4, 0.5) is 18.9 Å². The van der Waals surface area contributed by atoms with Gasteiger partial charge in [0.1, 0.15) is 0 Å². The highest BCUT2D eigenvalue weighted by molar-refractivity contribution is 5.52. The first kappa shape index (κ1) is 17.8. The van der Waals surface area contributed by atoms with Crippen molar-refractivity contribution in [3.05, 3.63) is 29.3 Å². The number of halogens is 3. The van der Waals surface area contributed by atoms with E-state index in [4.69, 9.17) is 5.73 Å². The number of unbranched alkanes of at least 4 members (excludes halogenated alkanes) is 1. The summed E-state index contributed by atoms with van der Waals surface area (Å²) in [4.78, 5) is 1.98. The molecule has 0 saturated heterocycles. The summed E-state index contributed by atoms with van der Waals surface area (Å²) in [5.74, 6) is 0. The Kier molecular flexibility index (Phi) is 6.52. The van der Waals surface area contributed by atoms with Gasteiger partial charge in [0, 0.05) is 24.8 Å². The van der Waals surface area contributed by atoms with Gasteiger partial charge in [0.15, 0.2) is 0 Å². The lowest BCUT2D eigenvalue weighted by Gasteiger charge is -2.25. The number of nitrogens with zero attached hydrogens (tertiary/aromatic N) is 1. The third-order valence-corrected chi connectivity index (χ3v) is 3.47. The average Bonchev–Trinajstić information content (AvgIpc) is 2.39. The van der Waals surface area contributed by atoms with Crippen molar-refractivity contribution in [2.75, 3.05) is 18.0 Å². The summed E-state index contributed by atoms with van der Waals surface area (Å²) < 4.78 is 39.7. The molecule has 0 aliphatic heterocycles. The third-order valence-electron chi connectivity index (χ3n) is 3.47. The van der Waals surface area contributed by atoms with Gasteiger partial charge in [0.25, 0.3) is 0 Å². The predicted octanol–water partition coefficient (Wildman–Crippen LogP) is 4.22. The fourth-order valence-corrected chi connectivity index (χ4v) is 2.37. The van der Waals surface area contributed by atoms with Gasteiger partial charge in [-0.25, -0.2) is 0 Å². The summed E-state index contributed by atoms with van der Waals surface area (Å²) in [6, 6.07) is 4.30. The van der Waals surface area contributed by atoms with Crippen molar-refractivity contribution in [3.8, 4) is 0 Å². The van der Waals surface area contributed by atoms with Crippen molar-refractivity contribution in [2.24, 2.45) is 5.73 Å². The number of hydrogen-bond acceptors (Lipinski definition) is 2. The largest absolute Gasteiger partial charge is 0.416 e. The Morgan fingerprint density at radius 1 is 1.24 bits per heavy atom. The minimum Gasteiger partial charge on any atom is -0.372 e. The molecule has 0 amide bonds. The molecule has 1 atom stereocenters. The monoisotopic (exact) mass is 302 g/mol. The van der Waals surface area contributed by atoms with Crippen LogP contribution >= 0.6 is 0 Å². The van der Waals surface area contributed by atoms with Gasteiger partial charge in [-0.3, -0.25) is 0 Å². The molecular formula is C16H25F3N2. The maximum atomic E-state index is 13.2. The zero-order valence-electron chi connectivity index (χ0n) is 13.0. The highest BCUT2D eigenvalue weighted by atomic mass is 19.4. The van der Waals surface area contributed by atoms with E-state index < -0.39 is 11.7 Å². The van der Waals surface area contributed by atoms with E-state index in [1.54, 1.807) is 19.1 Å². The molecule has 2 nitrogen and oxygen atoms in total. The molecule has 0 fully saturated rings. The normalized spacial score (nSPS) is 13.3. The Hall–Kier alpha value is -1.23. The average molecular weight is 302 g/mol. The number of anilines is 1. The van der Waals surface area contributed by atoms with Crippen LogP contribution in [0.1, 0.15) is 44.7 Å². The standard InChI is InChI=1S/C16H25F3N2/c1-4-6-9-21(5-2)14-8-7-13(10-12(3)20)15(11-14)16(17,18)19/h7-8,11-12H,4-6,9-10,20H2,1-3H3. The van der Waals surface area contributed by atoms with Crippen LogP contribution in [0.2, 0.25) is 0 Å². The van der Waals surface area contributed by atoms with Gasteiger partial charge < -0.3 is 10.6 Å². The maximum absolute atomic E-state index is 13.2. The Morgan fingerprint density at radius 2 is 1.90 bits per heavy atom. The molecule has 1 aromatic carbocycles. The van der Waals surface area contributed by atoms with Crippen molar-refractivity contribution in [1.29, 1.82) is 0 Å². The minimum atomic E-state index is -4.34. The summed E-state index contributed by atoms with van der Waals surface area (Å²) in [5.41, 5.74) is 5.99. The van der Waals surface area contributed by atoms with Gasteiger partial charge in [0.05, 0.1) is 5.56 Å². The Balaban J connectivity index is 3.14. The summed E-state index contributed by atoms with van der Waals surface area (Å²) in [7, 11) is 0. The van der Waals surface area contributed by atoms with Crippen LogP contribution in [-0.4, -0.2) is 19.1 Å². The van der Waals surface area contributed by atoms with Gasteiger partial charge in [-0.2, -0.15) is 13.2 Å². The molecule has 1 rings (SSSR count). The smallest absolute Gasteiger partial charge is 0.372 e. The molecule has 21 heavy (non-hydrogen) atoms. The molecule has 0 bridgehead atoms. The molecule has 0 aliphatic carbocycles. The van der Waals surface area contributed by atoms with Gasteiger partial charge in [0.2, 0.25) is 0 Å². The molecule has 0 heterocycles. The van der Waals surface area contributed by atoms with E-state index in [9.17, 15) is 13.2 Å². The second-order valence-electron chi connectivity index (χ2n) is 5.45. The van der Waals surface area contributed by atoms with Crippen molar-refractivity contribution in [3.63, 3.8) is 0 Å². The molecule has 0 saturated carbocycles. The van der Waals surface area contributed by atoms with Crippen LogP contribution in [0.5, 0.6) is 0 Å². The van der Waals surface area contributed by atoms with Crippen LogP contribution in [0.15, 0.2) is 18.2 Å². The first-order valence-corrected chi connectivity index (χ1v) is 7.50. The van der Waals surface area contributed by atoms with Crippen molar-refractivity contribution >= 4 is 5.69 Å². The first-order chi connectivity index (χ1) is 9.79. The van der Waals surface area contributed by atoms with E-state index in [0.29, 0.717) is 12.2 Å². The van der Waals surface area contributed by atoms with Crippen molar-refractivity contribution in [2.45, 2.75) is 52.3 Å². The third kappa shape index (κ3) is 5.23. The zero-order chi connectivity index (χ0) is 16.0. The van der Waals surface area contributed by atoms with Crippen LogP contribution in [0, 0.1) is 0 Å².